The number of nitrogens with zero attached hydrogens (tertiary/aromatic N) is 3. The lowest BCUT2D eigenvalue weighted by molar-refractivity contribution is 0.332. The Morgan fingerprint density at radius 3 is 1.56 bits per heavy atom. The maximum Gasteiger partial charge on any atom is 0.252 e. The highest BCUT2D eigenvalue weighted by molar-refractivity contribution is 7.00. The molecule has 0 atom stereocenters. The lowest BCUT2D eigenvalue weighted by Gasteiger charge is -2.48. The zero-order valence-corrected chi connectivity index (χ0v) is 53.9. The van der Waals surface area contributed by atoms with Crippen LogP contribution in [-0.2, 0) is 37.9 Å². The van der Waals surface area contributed by atoms with Crippen LogP contribution < -0.4 is 31.1 Å². The van der Waals surface area contributed by atoms with Crippen molar-refractivity contribution >= 4 is 96.2 Å². The smallest absolute Gasteiger partial charge is 0.252 e. The first kappa shape index (κ1) is 52.6. The van der Waals surface area contributed by atoms with Crippen LogP contribution in [0.3, 0.4) is 0 Å². The summed E-state index contributed by atoms with van der Waals surface area (Å²) in [5, 5.41) is 2.00. The lowest BCUT2D eigenvalue weighted by atomic mass is 9.33. The fourth-order valence-corrected chi connectivity index (χ4v) is 15.0. The van der Waals surface area contributed by atoms with Crippen molar-refractivity contribution in [2.45, 2.75) is 202 Å². The molecule has 0 fully saturated rings. The number of rotatable bonds is 5. The third kappa shape index (κ3) is 8.81. The van der Waals surface area contributed by atoms with Gasteiger partial charge in [-0.2, -0.15) is 0 Å². The maximum atomic E-state index is 9.49. The van der Waals surface area contributed by atoms with Crippen molar-refractivity contribution in [1.29, 1.82) is 0 Å². The summed E-state index contributed by atoms with van der Waals surface area (Å²) in [5.41, 5.74) is 25.8. The third-order valence-electron chi connectivity index (χ3n) is 20.6. The van der Waals surface area contributed by atoms with E-state index in [1.807, 2.05) is 12.1 Å². The molecule has 0 N–H and O–H groups in total. The van der Waals surface area contributed by atoms with E-state index in [2.05, 4.69) is 268 Å². The van der Waals surface area contributed by atoms with Gasteiger partial charge < -0.3 is 19.1 Å². The van der Waals surface area contributed by atoms with Gasteiger partial charge in [0.2, 0.25) is 0 Å². The number of hydrogen-bond donors (Lipinski definition) is 0. The quantitative estimate of drug-likeness (QED) is 0.160. The van der Waals surface area contributed by atoms with Gasteiger partial charge >= 0.3 is 0 Å². The molecule has 4 aliphatic rings. The van der Waals surface area contributed by atoms with Crippen LogP contribution in [0.1, 0.15) is 203 Å². The molecule has 430 valence electrons. The molecule has 5 heteroatoms. The fraction of sp³-hybridized carbons (Fsp3) is 0.392. The first-order valence-corrected chi connectivity index (χ1v) is 31.2. The molecule has 2 aliphatic heterocycles. The summed E-state index contributed by atoms with van der Waals surface area (Å²) in [4.78, 5) is 7.37. The van der Waals surface area contributed by atoms with Crippen molar-refractivity contribution in [3.63, 3.8) is 0 Å². The summed E-state index contributed by atoms with van der Waals surface area (Å²) in [6.45, 7) is 41.6. The Balaban J connectivity index is 1.17. The first-order chi connectivity index (χ1) is 40.4. The molecule has 0 spiro atoms. The zero-order valence-electron chi connectivity index (χ0n) is 56.9. The molecule has 84 heavy (non-hydrogen) atoms. The highest BCUT2D eigenvalue weighted by atomic mass is 16.3. The minimum Gasteiger partial charge on any atom is -0.456 e. The van der Waals surface area contributed by atoms with Crippen molar-refractivity contribution in [2.75, 3.05) is 14.7 Å². The number of aryl methyl sites for hydroxylation is 3. The molecule has 0 bridgehead atoms. The van der Waals surface area contributed by atoms with Gasteiger partial charge in [0.05, 0.1) is 11.1 Å². The van der Waals surface area contributed by atoms with Crippen LogP contribution in [-0.4, -0.2) is 6.71 Å². The van der Waals surface area contributed by atoms with Gasteiger partial charge in [-0.05, 0) is 229 Å². The Labute approximate surface area is 508 Å². The molecule has 9 aromatic rings. The number of benzene rings is 8. The van der Waals surface area contributed by atoms with Crippen LogP contribution in [0.15, 0.2) is 138 Å². The van der Waals surface area contributed by atoms with Gasteiger partial charge in [-0.1, -0.05) is 178 Å². The second-order valence-electron chi connectivity index (χ2n) is 31.5. The Morgan fingerprint density at radius 1 is 0.464 bits per heavy atom. The molecule has 13 rings (SSSR count). The molecular formula is C79H90BN3O. The molecule has 2 aliphatic carbocycles. The van der Waals surface area contributed by atoms with E-state index in [9.17, 15) is 4.11 Å². The van der Waals surface area contributed by atoms with Crippen LogP contribution in [0.25, 0.3) is 21.9 Å². The molecule has 1 aromatic heterocycles. The Bertz CT molecular complexity index is 4280. The SMILES string of the molecule is [2H]C([2H])([2H])c1cc2c3c(c1)N(c1cccc4oc5cc(C(C)(C)C)ccc5c14)c1cc(N(c4ccc(C(C)(C)C)cc4C)c4ccc(C(C)(C)C)cc4C)ccc1B3c1cc3c(cc1N2c1ccc2c(c1)C(C)(C)CCC2(C)C)C(C)(C)CCC3(C)C. The van der Waals surface area contributed by atoms with Crippen molar-refractivity contribution in [3.8, 4) is 0 Å². The number of fused-ring (bicyclic) bond motifs is 9. The van der Waals surface area contributed by atoms with Crippen molar-refractivity contribution < 1.29 is 8.53 Å². The monoisotopic (exact) mass is 1110 g/mol. The highest BCUT2D eigenvalue weighted by Crippen LogP contribution is 2.55. The van der Waals surface area contributed by atoms with Crippen molar-refractivity contribution in [2.24, 2.45) is 0 Å². The van der Waals surface area contributed by atoms with Gasteiger partial charge in [0, 0.05) is 55.0 Å². The van der Waals surface area contributed by atoms with Crippen LogP contribution in [0.2, 0.25) is 0 Å². The predicted molar refractivity (Wildman–Crippen MR) is 363 cm³/mol. The van der Waals surface area contributed by atoms with E-state index in [0.29, 0.717) is 5.56 Å². The molecule has 8 aromatic carbocycles. The first-order valence-electron chi connectivity index (χ1n) is 32.7. The van der Waals surface area contributed by atoms with Gasteiger partial charge in [0.25, 0.3) is 6.71 Å². The molecule has 0 unspecified atom stereocenters. The van der Waals surface area contributed by atoms with Crippen LogP contribution in [0.5, 0.6) is 0 Å². The molecule has 0 saturated carbocycles. The summed E-state index contributed by atoms with van der Waals surface area (Å²) < 4.78 is 35.4. The minimum absolute atomic E-state index is 0.0116. The van der Waals surface area contributed by atoms with Gasteiger partial charge in [0.15, 0.2) is 0 Å². The zero-order chi connectivity index (χ0) is 62.4. The van der Waals surface area contributed by atoms with Crippen LogP contribution in [0, 0.1) is 20.7 Å². The Kier molecular flexibility index (Phi) is 11.6. The normalized spacial score (nSPS) is 18.1. The van der Waals surface area contributed by atoms with E-state index in [0.717, 1.165) is 110 Å². The van der Waals surface area contributed by atoms with E-state index >= 15 is 0 Å². The molecule has 4 nitrogen and oxygen atoms in total. The van der Waals surface area contributed by atoms with Crippen molar-refractivity contribution in [1.82, 2.24) is 0 Å². The van der Waals surface area contributed by atoms with Gasteiger partial charge in [-0.25, -0.2) is 0 Å². The van der Waals surface area contributed by atoms with Gasteiger partial charge in [-0.15, -0.1) is 0 Å². The summed E-state index contributed by atoms with van der Waals surface area (Å²) in [6, 6.07) is 50.7. The Hall–Kier alpha value is -6.98. The summed E-state index contributed by atoms with van der Waals surface area (Å²) in [5.74, 6) is 0. The maximum absolute atomic E-state index is 9.49. The number of anilines is 9. The molecule has 3 heterocycles. The van der Waals surface area contributed by atoms with E-state index in [-0.39, 0.29) is 44.6 Å². The lowest BCUT2D eigenvalue weighted by Crippen LogP contribution is -2.62. The largest absolute Gasteiger partial charge is 0.456 e. The number of hydrogen-bond acceptors (Lipinski definition) is 4. The third-order valence-corrected chi connectivity index (χ3v) is 20.6. The molecule has 0 amide bonds. The molecular weight excluding hydrogens is 1020 g/mol. The summed E-state index contributed by atoms with van der Waals surface area (Å²) >= 11 is 0. The van der Waals surface area contributed by atoms with E-state index in [1.165, 1.54) is 55.5 Å². The topological polar surface area (TPSA) is 22.9 Å². The minimum atomic E-state index is -2.45. The van der Waals surface area contributed by atoms with E-state index in [1.54, 1.807) is 0 Å². The number of furan rings is 1. The fourth-order valence-electron chi connectivity index (χ4n) is 15.0. The highest BCUT2D eigenvalue weighted by Gasteiger charge is 2.48. The average Bonchev–Trinajstić information content (AvgIpc) is 0.898. The van der Waals surface area contributed by atoms with Gasteiger partial charge in [0.1, 0.15) is 11.2 Å². The molecule has 0 saturated heterocycles. The molecule has 0 radical (unpaired) electrons. The van der Waals surface area contributed by atoms with Crippen LogP contribution in [0.4, 0.5) is 51.2 Å². The average molecular weight is 1110 g/mol. The van der Waals surface area contributed by atoms with E-state index < -0.39 is 6.85 Å². The summed E-state index contributed by atoms with van der Waals surface area (Å²) in [6.07, 6.45) is 4.34. The summed E-state index contributed by atoms with van der Waals surface area (Å²) in [7, 11) is 0. The standard InChI is InChI=1S/C79H90BN3O/c1-47-38-67-72-68(39-47)83(64-22-21-23-69-71(64)55-29-24-52(75(10,11)12)42-70(55)84-69)65-44-54(81(62-32-25-50(40-48(62)2)73(4,5)6)63-33-26-51(41-49(63)3)74(7,8)9)28-31-60(65)80(72)61-45-58-59(79(19,20)37-36-78(58,17)18)46-66(61)82(67)53-27-30-56-57(43-53)77(15,16)35-34-76(56,13)14/h21-33,38-46H,34-37H2,1-20H3/i1D3. The van der Waals surface area contributed by atoms with Gasteiger partial charge in [-0.3, -0.25) is 0 Å². The predicted octanol–water partition coefficient (Wildman–Crippen LogP) is 20.7. The second-order valence-corrected chi connectivity index (χ2v) is 31.5. The van der Waals surface area contributed by atoms with Crippen molar-refractivity contribution in [3.05, 3.63) is 189 Å². The Morgan fingerprint density at radius 2 is 0.988 bits per heavy atom. The second kappa shape index (κ2) is 18.5. The van der Waals surface area contributed by atoms with E-state index in [4.69, 9.17) is 4.42 Å². The van der Waals surface area contributed by atoms with Crippen LogP contribution >= 0.6 is 0 Å².